The molecule has 1 unspecified atom stereocenters. The number of hydrogen-bond donors (Lipinski definition) is 2. The maximum atomic E-state index is 9.01. The van der Waals surface area contributed by atoms with Gasteiger partial charge in [0.1, 0.15) is 0 Å². The van der Waals surface area contributed by atoms with Crippen molar-refractivity contribution in [3.8, 4) is 5.69 Å². The number of aryl methyl sites for hydroxylation is 1. The molecule has 19 heavy (non-hydrogen) atoms. The maximum absolute atomic E-state index is 9.01. The highest BCUT2D eigenvalue weighted by molar-refractivity contribution is 5.40. The Balaban J connectivity index is 2.19. The average molecular weight is 261 g/mol. The van der Waals surface area contributed by atoms with E-state index in [1.807, 2.05) is 31.2 Å². The Morgan fingerprint density at radius 1 is 1.32 bits per heavy atom. The van der Waals surface area contributed by atoms with Gasteiger partial charge in [0.2, 0.25) is 5.95 Å². The van der Waals surface area contributed by atoms with Gasteiger partial charge in [0.25, 0.3) is 0 Å². The van der Waals surface area contributed by atoms with E-state index in [1.54, 1.807) is 4.68 Å². The number of hydrogen-bond acceptors (Lipinski definition) is 5. The van der Waals surface area contributed by atoms with Crippen LogP contribution < -0.4 is 5.32 Å². The van der Waals surface area contributed by atoms with Crippen LogP contribution >= 0.6 is 0 Å². The lowest BCUT2D eigenvalue weighted by Crippen LogP contribution is -2.22. The highest BCUT2D eigenvalue weighted by atomic mass is 16.3. The zero-order chi connectivity index (χ0) is 13.7. The lowest BCUT2D eigenvalue weighted by Gasteiger charge is -2.16. The summed E-state index contributed by atoms with van der Waals surface area (Å²) < 4.78 is 1.67. The molecule has 0 aliphatic heterocycles. The van der Waals surface area contributed by atoms with Crippen molar-refractivity contribution in [3.05, 3.63) is 29.8 Å². The zero-order valence-corrected chi connectivity index (χ0v) is 11.2. The molecule has 0 fully saturated rings. The van der Waals surface area contributed by atoms with E-state index in [0.29, 0.717) is 12.4 Å². The van der Waals surface area contributed by atoms with Gasteiger partial charge >= 0.3 is 0 Å². The molecule has 1 heterocycles. The zero-order valence-electron chi connectivity index (χ0n) is 11.2. The van der Waals surface area contributed by atoms with E-state index in [2.05, 4.69) is 27.8 Å². The van der Waals surface area contributed by atoms with Gasteiger partial charge in [0, 0.05) is 12.6 Å². The third-order valence-electron chi connectivity index (χ3n) is 3.05. The third kappa shape index (κ3) is 3.29. The van der Waals surface area contributed by atoms with E-state index in [4.69, 9.17) is 5.11 Å². The van der Waals surface area contributed by atoms with Crippen molar-refractivity contribution < 1.29 is 5.11 Å². The number of aliphatic hydroxyl groups excluding tert-OH is 1. The van der Waals surface area contributed by atoms with Gasteiger partial charge in [-0.2, -0.15) is 4.68 Å². The number of tetrazole rings is 1. The Hall–Kier alpha value is -1.95. The van der Waals surface area contributed by atoms with Crippen molar-refractivity contribution in [2.45, 2.75) is 32.7 Å². The van der Waals surface area contributed by atoms with Crippen molar-refractivity contribution >= 4 is 5.95 Å². The van der Waals surface area contributed by atoms with E-state index in [-0.39, 0.29) is 12.6 Å². The number of aromatic nitrogens is 4. The summed E-state index contributed by atoms with van der Waals surface area (Å²) in [6.07, 6.45) is 1.58. The number of benzene rings is 1. The second-order valence-corrected chi connectivity index (χ2v) is 4.51. The van der Waals surface area contributed by atoms with Crippen molar-refractivity contribution in [1.82, 2.24) is 20.2 Å². The Morgan fingerprint density at radius 3 is 2.68 bits per heavy atom. The normalized spacial score (nSPS) is 12.4. The van der Waals surface area contributed by atoms with Crippen LogP contribution in [0.2, 0.25) is 0 Å². The molecule has 6 nitrogen and oxygen atoms in total. The summed E-state index contributed by atoms with van der Waals surface area (Å²) in [7, 11) is 0. The Kier molecular flexibility index (Phi) is 4.46. The van der Waals surface area contributed by atoms with Crippen LogP contribution in [-0.2, 0) is 0 Å². The molecule has 0 amide bonds. The molecule has 1 atom stereocenters. The molecule has 0 bridgehead atoms. The molecular formula is C13H19N5O. The van der Waals surface area contributed by atoms with Crippen LogP contribution in [0.3, 0.4) is 0 Å². The SMILES string of the molecule is CCC(CCO)Nc1nnnn1-c1ccc(C)cc1. The smallest absolute Gasteiger partial charge is 0.247 e. The fraction of sp³-hybridized carbons (Fsp3) is 0.462. The summed E-state index contributed by atoms with van der Waals surface area (Å²) in [6.45, 7) is 4.25. The predicted octanol–water partition coefficient (Wildman–Crippen LogP) is 1.54. The molecule has 102 valence electrons. The first-order valence-electron chi connectivity index (χ1n) is 6.47. The van der Waals surface area contributed by atoms with Gasteiger partial charge < -0.3 is 10.4 Å². The van der Waals surface area contributed by atoms with Crippen molar-refractivity contribution in [2.75, 3.05) is 11.9 Å². The lowest BCUT2D eigenvalue weighted by atomic mass is 10.2. The molecule has 1 aromatic carbocycles. The van der Waals surface area contributed by atoms with Gasteiger partial charge in [0.15, 0.2) is 0 Å². The van der Waals surface area contributed by atoms with Crippen molar-refractivity contribution in [1.29, 1.82) is 0 Å². The number of anilines is 1. The Bertz CT molecular complexity index is 508. The van der Waals surface area contributed by atoms with Gasteiger partial charge in [-0.1, -0.05) is 29.7 Å². The summed E-state index contributed by atoms with van der Waals surface area (Å²) in [5.74, 6) is 0.601. The van der Waals surface area contributed by atoms with Crippen LogP contribution in [0.1, 0.15) is 25.3 Å². The quantitative estimate of drug-likeness (QED) is 0.825. The highest BCUT2D eigenvalue weighted by Gasteiger charge is 2.12. The number of rotatable bonds is 6. The Morgan fingerprint density at radius 2 is 2.05 bits per heavy atom. The van der Waals surface area contributed by atoms with Crippen LogP contribution in [0.15, 0.2) is 24.3 Å². The second kappa shape index (κ2) is 6.29. The lowest BCUT2D eigenvalue weighted by molar-refractivity contribution is 0.278. The molecule has 2 N–H and O–H groups in total. The van der Waals surface area contributed by atoms with Crippen molar-refractivity contribution in [2.24, 2.45) is 0 Å². The van der Waals surface area contributed by atoms with Crippen LogP contribution in [0, 0.1) is 6.92 Å². The van der Waals surface area contributed by atoms with Gasteiger partial charge in [-0.25, -0.2) is 0 Å². The summed E-state index contributed by atoms with van der Waals surface area (Å²) in [5, 5.41) is 24.0. The largest absolute Gasteiger partial charge is 0.396 e. The first kappa shape index (κ1) is 13.5. The minimum Gasteiger partial charge on any atom is -0.396 e. The number of nitrogens with zero attached hydrogens (tertiary/aromatic N) is 4. The average Bonchev–Trinajstić information content (AvgIpc) is 2.87. The first-order chi connectivity index (χ1) is 9.24. The summed E-state index contributed by atoms with van der Waals surface area (Å²) >= 11 is 0. The molecule has 0 aliphatic rings. The molecular weight excluding hydrogens is 242 g/mol. The molecule has 1 aromatic heterocycles. The highest BCUT2D eigenvalue weighted by Crippen LogP contribution is 2.14. The summed E-state index contributed by atoms with van der Waals surface area (Å²) in [6, 6.07) is 8.16. The second-order valence-electron chi connectivity index (χ2n) is 4.51. The number of aliphatic hydroxyl groups is 1. The summed E-state index contributed by atoms with van der Waals surface area (Å²) in [4.78, 5) is 0. The van der Waals surface area contributed by atoms with Crippen LogP contribution in [0.4, 0.5) is 5.95 Å². The molecule has 0 radical (unpaired) electrons. The standard InChI is InChI=1S/C13H19N5O/c1-3-11(8-9-19)14-13-15-16-17-18(13)12-6-4-10(2)5-7-12/h4-7,11,19H,3,8-9H2,1-2H3,(H,14,15,17). The molecule has 0 aliphatic carbocycles. The van der Waals surface area contributed by atoms with E-state index in [1.165, 1.54) is 5.56 Å². The van der Waals surface area contributed by atoms with E-state index in [0.717, 1.165) is 12.1 Å². The maximum Gasteiger partial charge on any atom is 0.247 e. The molecule has 6 heteroatoms. The van der Waals surface area contributed by atoms with Gasteiger partial charge in [-0.3, -0.25) is 0 Å². The van der Waals surface area contributed by atoms with Crippen molar-refractivity contribution in [3.63, 3.8) is 0 Å². The molecule has 2 rings (SSSR count). The van der Waals surface area contributed by atoms with E-state index < -0.39 is 0 Å². The predicted molar refractivity (Wildman–Crippen MR) is 73.3 cm³/mol. The van der Waals surface area contributed by atoms with E-state index >= 15 is 0 Å². The van der Waals surface area contributed by atoms with Crippen LogP contribution in [-0.4, -0.2) is 38.0 Å². The Labute approximate surface area is 112 Å². The van der Waals surface area contributed by atoms with Crippen LogP contribution in [0.5, 0.6) is 0 Å². The minimum atomic E-state index is 0.150. The van der Waals surface area contributed by atoms with Crippen LogP contribution in [0.25, 0.3) is 5.69 Å². The molecule has 0 spiro atoms. The van der Waals surface area contributed by atoms with Gasteiger partial charge in [-0.05, 0) is 42.3 Å². The molecule has 2 aromatic rings. The monoisotopic (exact) mass is 261 g/mol. The molecule has 0 saturated carbocycles. The summed E-state index contributed by atoms with van der Waals surface area (Å²) in [5.41, 5.74) is 2.11. The van der Waals surface area contributed by atoms with Gasteiger partial charge in [0.05, 0.1) is 5.69 Å². The van der Waals surface area contributed by atoms with Gasteiger partial charge in [-0.15, -0.1) is 0 Å². The minimum absolute atomic E-state index is 0.150. The molecule has 0 saturated heterocycles. The number of nitrogens with one attached hydrogen (secondary N) is 1. The fourth-order valence-electron chi connectivity index (χ4n) is 1.85. The van der Waals surface area contributed by atoms with E-state index in [9.17, 15) is 0 Å². The first-order valence-corrected chi connectivity index (χ1v) is 6.47. The third-order valence-corrected chi connectivity index (χ3v) is 3.05. The fourth-order valence-corrected chi connectivity index (χ4v) is 1.85. The topological polar surface area (TPSA) is 75.9 Å².